The zero-order valence-corrected chi connectivity index (χ0v) is 16.1. The Hall–Kier alpha value is -2.70. The van der Waals surface area contributed by atoms with Crippen LogP contribution < -0.4 is 25.1 Å². The van der Waals surface area contributed by atoms with Crippen LogP contribution in [0.3, 0.4) is 0 Å². The molecule has 2 rings (SSSR count). The third-order valence-corrected chi connectivity index (χ3v) is 4.44. The Kier molecular flexibility index (Phi) is 6.13. The van der Waals surface area contributed by atoms with Crippen LogP contribution in [0.15, 0.2) is 23.1 Å². The average Bonchev–Trinajstić information content (AvgIpc) is 2.62. The minimum Gasteiger partial charge on any atom is -0.493 e. The molecular weight excluding hydrogens is 336 g/mol. The summed E-state index contributed by atoms with van der Waals surface area (Å²) in [5.41, 5.74) is -0.188. The fraction of sp³-hybridized carbons (Fsp3) is 0.474. The number of rotatable bonds is 6. The van der Waals surface area contributed by atoms with Crippen molar-refractivity contribution in [3.63, 3.8) is 0 Å². The van der Waals surface area contributed by atoms with E-state index in [2.05, 4.69) is 5.32 Å². The maximum atomic E-state index is 12.6. The lowest BCUT2D eigenvalue weighted by atomic mass is 10.1. The number of nitrogens with one attached hydrogen (secondary N) is 1. The van der Waals surface area contributed by atoms with E-state index < -0.39 is 6.09 Å². The first-order chi connectivity index (χ1) is 12.3. The molecule has 0 saturated heterocycles. The van der Waals surface area contributed by atoms with E-state index in [0.29, 0.717) is 28.8 Å². The minimum atomic E-state index is -0.566. The van der Waals surface area contributed by atoms with Crippen molar-refractivity contribution in [1.29, 1.82) is 0 Å². The number of amides is 1. The lowest BCUT2D eigenvalue weighted by Gasteiger charge is -2.18. The number of ether oxygens (including phenoxy) is 3. The maximum Gasteiger partial charge on any atom is 0.412 e. The fourth-order valence-electron chi connectivity index (χ4n) is 2.48. The Bertz CT molecular complexity index is 857. The Morgan fingerprint density at radius 1 is 1.08 bits per heavy atom. The number of carbonyl (C=O) groups excluding carboxylic acids is 1. The van der Waals surface area contributed by atoms with Crippen molar-refractivity contribution in [1.82, 2.24) is 9.88 Å². The number of fused-ring (bicyclic) bond motifs is 1. The molecule has 142 valence electrons. The van der Waals surface area contributed by atoms with Crippen LogP contribution in [0.4, 0.5) is 4.79 Å². The van der Waals surface area contributed by atoms with Gasteiger partial charge in [-0.3, -0.25) is 4.79 Å². The van der Waals surface area contributed by atoms with Crippen molar-refractivity contribution in [3.8, 4) is 17.2 Å². The maximum absolute atomic E-state index is 12.6. The molecule has 1 unspecified atom stereocenters. The van der Waals surface area contributed by atoms with Crippen molar-refractivity contribution in [2.45, 2.75) is 40.3 Å². The molecule has 7 nitrogen and oxygen atoms in total. The third kappa shape index (κ3) is 3.92. The van der Waals surface area contributed by atoms with E-state index in [1.165, 1.54) is 25.0 Å². The quantitative estimate of drug-likeness (QED) is 0.854. The van der Waals surface area contributed by atoms with Gasteiger partial charge in [-0.2, -0.15) is 0 Å². The van der Waals surface area contributed by atoms with Crippen molar-refractivity contribution in [3.05, 3.63) is 28.7 Å². The third-order valence-electron chi connectivity index (χ3n) is 4.44. The molecule has 1 N–H and O–H groups in total. The molecule has 0 fully saturated rings. The van der Waals surface area contributed by atoms with Gasteiger partial charge in [-0.05, 0) is 31.9 Å². The topological polar surface area (TPSA) is 78.8 Å². The van der Waals surface area contributed by atoms with Crippen LogP contribution in [-0.4, -0.2) is 30.9 Å². The van der Waals surface area contributed by atoms with Crippen LogP contribution >= 0.6 is 0 Å². The van der Waals surface area contributed by atoms with Crippen LogP contribution in [0.1, 0.15) is 27.7 Å². The highest BCUT2D eigenvalue weighted by atomic mass is 16.6. The first-order valence-corrected chi connectivity index (χ1v) is 8.59. The number of carbonyl (C=O) groups is 1. The summed E-state index contributed by atoms with van der Waals surface area (Å²) < 4.78 is 17.6. The number of methoxy groups -OCH3 is 2. The van der Waals surface area contributed by atoms with Gasteiger partial charge in [0.2, 0.25) is 0 Å². The second kappa shape index (κ2) is 8.12. The number of hydrogen-bond acceptors (Lipinski definition) is 5. The van der Waals surface area contributed by atoms with Gasteiger partial charge in [0.1, 0.15) is 0 Å². The monoisotopic (exact) mass is 362 g/mol. The Balaban J connectivity index is 2.55. The molecule has 0 aliphatic carbocycles. The zero-order valence-electron chi connectivity index (χ0n) is 16.1. The molecule has 0 aliphatic heterocycles. The lowest BCUT2D eigenvalue weighted by molar-refractivity contribution is 0.193. The first kappa shape index (κ1) is 19.6. The van der Waals surface area contributed by atoms with E-state index in [1.54, 1.807) is 12.1 Å². The molecule has 1 heterocycles. The molecular formula is C19H26N2O5. The SMILES string of the molecule is CCn1cc(OC(=O)NC(C)C(C)C)c2cc(OC)c(OC)cc2c1=O. The Morgan fingerprint density at radius 2 is 1.65 bits per heavy atom. The summed E-state index contributed by atoms with van der Waals surface area (Å²) in [4.78, 5) is 24.9. The predicted octanol–water partition coefficient (Wildman–Crippen LogP) is 3.17. The van der Waals surface area contributed by atoms with Crippen LogP contribution in [0, 0.1) is 5.92 Å². The van der Waals surface area contributed by atoms with Crippen LogP contribution in [0.25, 0.3) is 10.8 Å². The van der Waals surface area contributed by atoms with Crippen LogP contribution in [-0.2, 0) is 6.54 Å². The molecule has 0 radical (unpaired) electrons. The van der Waals surface area contributed by atoms with Crippen molar-refractivity contribution in [2.24, 2.45) is 5.92 Å². The molecule has 1 amide bonds. The largest absolute Gasteiger partial charge is 0.493 e. The molecule has 26 heavy (non-hydrogen) atoms. The summed E-state index contributed by atoms with van der Waals surface area (Å²) in [6.07, 6.45) is 0.972. The highest BCUT2D eigenvalue weighted by Crippen LogP contribution is 2.34. The van der Waals surface area contributed by atoms with E-state index in [9.17, 15) is 9.59 Å². The summed E-state index contributed by atoms with van der Waals surface area (Å²) in [7, 11) is 3.01. The van der Waals surface area contributed by atoms with E-state index in [1.807, 2.05) is 27.7 Å². The summed E-state index contributed by atoms with van der Waals surface area (Å²) in [5, 5.41) is 3.68. The van der Waals surface area contributed by atoms with E-state index in [-0.39, 0.29) is 23.3 Å². The van der Waals surface area contributed by atoms with Crippen molar-refractivity contribution >= 4 is 16.9 Å². The van der Waals surface area contributed by atoms with Gasteiger partial charge in [-0.1, -0.05) is 13.8 Å². The van der Waals surface area contributed by atoms with Gasteiger partial charge in [0, 0.05) is 18.0 Å². The number of benzene rings is 1. The number of hydrogen-bond donors (Lipinski definition) is 1. The van der Waals surface area contributed by atoms with E-state index in [4.69, 9.17) is 14.2 Å². The summed E-state index contributed by atoms with van der Waals surface area (Å²) in [6.45, 7) is 8.22. The van der Waals surface area contributed by atoms with Gasteiger partial charge in [0.05, 0.1) is 25.8 Å². The molecule has 0 aliphatic rings. The standard InChI is InChI=1S/C19H26N2O5/c1-7-21-10-17(26-19(23)20-12(4)11(2)3)13-8-15(24-5)16(25-6)9-14(13)18(21)22/h8-12H,7H2,1-6H3,(H,20,23). The van der Waals surface area contributed by atoms with Gasteiger partial charge in [0.15, 0.2) is 17.2 Å². The highest BCUT2D eigenvalue weighted by molar-refractivity contribution is 5.92. The highest BCUT2D eigenvalue weighted by Gasteiger charge is 2.18. The van der Waals surface area contributed by atoms with Crippen LogP contribution in [0.2, 0.25) is 0 Å². The Morgan fingerprint density at radius 3 is 2.15 bits per heavy atom. The summed E-state index contributed by atoms with van der Waals surface area (Å²) in [6, 6.07) is 3.20. The number of nitrogens with zero attached hydrogens (tertiary/aromatic N) is 1. The van der Waals surface area contributed by atoms with Crippen molar-refractivity contribution < 1.29 is 19.0 Å². The minimum absolute atomic E-state index is 0.0412. The summed E-state index contributed by atoms with van der Waals surface area (Å²) in [5.74, 6) is 1.45. The van der Waals surface area contributed by atoms with E-state index in [0.717, 1.165) is 0 Å². The molecule has 0 bridgehead atoms. The van der Waals surface area contributed by atoms with Gasteiger partial charge in [-0.25, -0.2) is 4.79 Å². The molecule has 0 saturated carbocycles. The fourth-order valence-corrected chi connectivity index (χ4v) is 2.48. The molecule has 1 aromatic carbocycles. The lowest BCUT2D eigenvalue weighted by Crippen LogP contribution is -2.38. The molecule has 1 aromatic heterocycles. The second-order valence-corrected chi connectivity index (χ2v) is 6.40. The van der Waals surface area contributed by atoms with Crippen molar-refractivity contribution in [2.75, 3.05) is 14.2 Å². The van der Waals surface area contributed by atoms with Gasteiger partial charge in [-0.15, -0.1) is 0 Å². The molecule has 1 atom stereocenters. The number of aryl methyl sites for hydroxylation is 1. The predicted molar refractivity (Wildman–Crippen MR) is 100 cm³/mol. The first-order valence-electron chi connectivity index (χ1n) is 8.59. The van der Waals surface area contributed by atoms with Gasteiger partial charge < -0.3 is 24.1 Å². The second-order valence-electron chi connectivity index (χ2n) is 6.40. The number of pyridine rings is 1. The van der Waals surface area contributed by atoms with E-state index >= 15 is 0 Å². The molecule has 7 heteroatoms. The smallest absolute Gasteiger partial charge is 0.412 e. The zero-order chi connectivity index (χ0) is 19.4. The molecule has 2 aromatic rings. The average molecular weight is 362 g/mol. The van der Waals surface area contributed by atoms with Crippen LogP contribution in [0.5, 0.6) is 17.2 Å². The Labute approximate surface area is 152 Å². The van der Waals surface area contributed by atoms with Gasteiger partial charge >= 0.3 is 6.09 Å². The van der Waals surface area contributed by atoms with Gasteiger partial charge in [0.25, 0.3) is 5.56 Å². The summed E-state index contributed by atoms with van der Waals surface area (Å²) >= 11 is 0. The molecule has 0 spiro atoms. The normalized spacial score (nSPS) is 12.1. The number of aromatic nitrogens is 1.